The second kappa shape index (κ2) is 7.93. The van der Waals surface area contributed by atoms with Gasteiger partial charge in [0.2, 0.25) is 5.91 Å². The third-order valence-corrected chi connectivity index (χ3v) is 4.37. The zero-order valence-electron chi connectivity index (χ0n) is 13.4. The summed E-state index contributed by atoms with van der Waals surface area (Å²) in [5.74, 6) is 0.138. The Labute approximate surface area is 138 Å². The number of nitrogens with one attached hydrogen (secondary N) is 2. The maximum atomic E-state index is 12.5. The molecule has 1 saturated heterocycles. The van der Waals surface area contributed by atoms with Gasteiger partial charge in [-0.1, -0.05) is 60.7 Å². The Balaban J connectivity index is 1.68. The molecule has 1 heterocycles. The molecule has 0 aromatic heterocycles. The summed E-state index contributed by atoms with van der Waals surface area (Å²) in [6.45, 7) is 0.945. The zero-order valence-corrected chi connectivity index (χ0v) is 13.4. The van der Waals surface area contributed by atoms with Crippen LogP contribution in [0.2, 0.25) is 0 Å². The molecular formula is C20H24N2O. The van der Waals surface area contributed by atoms with Crippen molar-refractivity contribution in [1.29, 1.82) is 0 Å². The van der Waals surface area contributed by atoms with E-state index >= 15 is 0 Å². The molecule has 1 aliphatic rings. The van der Waals surface area contributed by atoms with Crippen LogP contribution >= 0.6 is 0 Å². The normalized spacial score (nSPS) is 17.3. The van der Waals surface area contributed by atoms with Crippen molar-refractivity contribution in [1.82, 2.24) is 10.6 Å². The summed E-state index contributed by atoms with van der Waals surface area (Å²) in [6.07, 6.45) is 3.73. The van der Waals surface area contributed by atoms with Crippen LogP contribution in [-0.4, -0.2) is 24.5 Å². The highest BCUT2D eigenvalue weighted by Gasteiger charge is 2.24. The molecule has 2 aromatic rings. The Hall–Kier alpha value is -2.13. The molecule has 1 fully saturated rings. The van der Waals surface area contributed by atoms with Crippen molar-refractivity contribution < 1.29 is 4.79 Å². The first kappa shape index (κ1) is 15.8. The number of benzene rings is 2. The first-order valence-electron chi connectivity index (χ1n) is 8.43. The van der Waals surface area contributed by atoms with E-state index in [0.29, 0.717) is 0 Å². The number of rotatable bonds is 6. The molecule has 0 radical (unpaired) electrons. The van der Waals surface area contributed by atoms with Gasteiger partial charge in [0, 0.05) is 6.04 Å². The molecule has 23 heavy (non-hydrogen) atoms. The molecule has 120 valence electrons. The molecule has 2 aromatic carbocycles. The Morgan fingerprint density at radius 2 is 1.57 bits per heavy atom. The van der Waals surface area contributed by atoms with Gasteiger partial charge in [-0.2, -0.15) is 0 Å². The second-order valence-electron chi connectivity index (χ2n) is 6.23. The van der Waals surface area contributed by atoms with Crippen molar-refractivity contribution >= 4 is 5.91 Å². The first-order valence-corrected chi connectivity index (χ1v) is 8.43. The second-order valence-corrected chi connectivity index (χ2v) is 6.23. The highest BCUT2D eigenvalue weighted by atomic mass is 16.2. The fourth-order valence-corrected chi connectivity index (χ4v) is 3.18. The van der Waals surface area contributed by atoms with Crippen molar-refractivity contribution in [2.75, 3.05) is 6.54 Å². The molecule has 0 unspecified atom stereocenters. The van der Waals surface area contributed by atoms with Gasteiger partial charge in [0.1, 0.15) is 0 Å². The van der Waals surface area contributed by atoms with E-state index in [1.165, 1.54) is 11.1 Å². The van der Waals surface area contributed by atoms with Gasteiger partial charge in [-0.25, -0.2) is 0 Å². The predicted octanol–water partition coefficient (Wildman–Crippen LogP) is 2.71. The van der Waals surface area contributed by atoms with Crippen molar-refractivity contribution in [2.45, 2.75) is 37.8 Å². The van der Waals surface area contributed by atoms with E-state index in [4.69, 9.17) is 0 Å². The smallest absolute Gasteiger partial charge is 0.237 e. The minimum absolute atomic E-state index is 0.0240. The SMILES string of the molecule is O=C(NC(Cc1ccccc1)Cc1ccccc1)[C@@H]1CCCN1. The van der Waals surface area contributed by atoms with Crippen molar-refractivity contribution in [3.8, 4) is 0 Å². The van der Waals surface area contributed by atoms with Crippen LogP contribution < -0.4 is 10.6 Å². The Morgan fingerprint density at radius 3 is 2.04 bits per heavy atom. The fourth-order valence-electron chi connectivity index (χ4n) is 3.18. The van der Waals surface area contributed by atoms with Gasteiger partial charge >= 0.3 is 0 Å². The highest BCUT2D eigenvalue weighted by Crippen LogP contribution is 2.11. The summed E-state index contributed by atoms with van der Waals surface area (Å²) in [5, 5.41) is 6.53. The average molecular weight is 308 g/mol. The number of carbonyl (C=O) groups is 1. The molecule has 3 rings (SSSR count). The van der Waals surface area contributed by atoms with E-state index < -0.39 is 0 Å². The third kappa shape index (κ3) is 4.67. The minimum Gasteiger partial charge on any atom is -0.351 e. The van der Waals surface area contributed by atoms with Gasteiger partial charge in [-0.3, -0.25) is 4.79 Å². The van der Waals surface area contributed by atoms with Gasteiger partial charge < -0.3 is 10.6 Å². The first-order chi connectivity index (χ1) is 11.3. The molecule has 2 N–H and O–H groups in total. The van der Waals surface area contributed by atoms with Gasteiger partial charge in [0.15, 0.2) is 0 Å². The summed E-state index contributed by atoms with van der Waals surface area (Å²) in [5.41, 5.74) is 2.52. The van der Waals surface area contributed by atoms with Gasteiger partial charge in [0.05, 0.1) is 6.04 Å². The van der Waals surface area contributed by atoms with Crippen LogP contribution in [0.3, 0.4) is 0 Å². The summed E-state index contributed by atoms with van der Waals surface area (Å²) < 4.78 is 0. The van der Waals surface area contributed by atoms with E-state index in [9.17, 15) is 4.79 Å². The van der Waals surface area contributed by atoms with E-state index in [0.717, 1.165) is 32.2 Å². The van der Waals surface area contributed by atoms with E-state index in [1.54, 1.807) is 0 Å². The molecule has 0 spiro atoms. The van der Waals surface area contributed by atoms with E-state index in [1.807, 2.05) is 12.1 Å². The fraction of sp³-hybridized carbons (Fsp3) is 0.350. The summed E-state index contributed by atoms with van der Waals surface area (Å²) in [6, 6.07) is 20.8. The molecule has 0 aliphatic carbocycles. The van der Waals surface area contributed by atoms with Crippen LogP contribution in [0.4, 0.5) is 0 Å². The maximum absolute atomic E-state index is 12.5. The molecule has 3 nitrogen and oxygen atoms in total. The topological polar surface area (TPSA) is 41.1 Å². The van der Waals surface area contributed by atoms with Crippen LogP contribution in [0.5, 0.6) is 0 Å². The maximum Gasteiger partial charge on any atom is 0.237 e. The van der Waals surface area contributed by atoms with Crippen molar-refractivity contribution in [3.63, 3.8) is 0 Å². The summed E-state index contributed by atoms with van der Waals surface area (Å²) in [7, 11) is 0. The highest BCUT2D eigenvalue weighted by molar-refractivity contribution is 5.82. The lowest BCUT2D eigenvalue weighted by atomic mass is 9.98. The number of hydrogen-bond acceptors (Lipinski definition) is 2. The van der Waals surface area contributed by atoms with Gasteiger partial charge in [-0.15, -0.1) is 0 Å². The Bertz CT molecular complexity index is 565. The number of amides is 1. The summed E-state index contributed by atoms with van der Waals surface area (Å²) in [4.78, 5) is 12.5. The van der Waals surface area contributed by atoms with Crippen LogP contribution in [0, 0.1) is 0 Å². The standard InChI is InChI=1S/C20H24N2O/c23-20(19-12-7-13-21-19)22-18(14-16-8-3-1-4-9-16)15-17-10-5-2-6-11-17/h1-6,8-11,18-19,21H,7,12-15H2,(H,22,23)/t19-/m0/s1. The zero-order chi connectivity index (χ0) is 15.9. The van der Waals surface area contributed by atoms with Crippen molar-refractivity contribution in [3.05, 3.63) is 71.8 Å². The van der Waals surface area contributed by atoms with E-state index in [-0.39, 0.29) is 18.0 Å². The number of hydrogen-bond donors (Lipinski definition) is 2. The molecule has 0 saturated carbocycles. The molecular weight excluding hydrogens is 284 g/mol. The molecule has 0 bridgehead atoms. The quantitative estimate of drug-likeness (QED) is 0.861. The lowest BCUT2D eigenvalue weighted by Crippen LogP contribution is -2.46. The average Bonchev–Trinajstić information content (AvgIpc) is 3.11. The van der Waals surface area contributed by atoms with Crippen molar-refractivity contribution in [2.24, 2.45) is 0 Å². The Morgan fingerprint density at radius 1 is 1.00 bits per heavy atom. The van der Waals surface area contributed by atoms with Crippen LogP contribution in [0.1, 0.15) is 24.0 Å². The van der Waals surface area contributed by atoms with Gasteiger partial charge in [0.25, 0.3) is 0 Å². The van der Waals surface area contributed by atoms with Crippen LogP contribution in [0.15, 0.2) is 60.7 Å². The monoisotopic (exact) mass is 308 g/mol. The summed E-state index contributed by atoms with van der Waals surface area (Å²) >= 11 is 0. The lowest BCUT2D eigenvalue weighted by Gasteiger charge is -2.21. The predicted molar refractivity (Wildman–Crippen MR) is 93.2 cm³/mol. The largest absolute Gasteiger partial charge is 0.351 e. The lowest BCUT2D eigenvalue weighted by molar-refractivity contribution is -0.123. The van der Waals surface area contributed by atoms with Crippen LogP contribution in [0.25, 0.3) is 0 Å². The minimum atomic E-state index is -0.0240. The van der Waals surface area contributed by atoms with E-state index in [2.05, 4.69) is 59.2 Å². The number of carbonyl (C=O) groups excluding carboxylic acids is 1. The molecule has 1 amide bonds. The Kier molecular flexibility index (Phi) is 5.43. The molecule has 1 aliphatic heterocycles. The molecule has 1 atom stereocenters. The third-order valence-electron chi connectivity index (χ3n) is 4.37. The van der Waals surface area contributed by atoms with Crippen LogP contribution in [-0.2, 0) is 17.6 Å². The molecule has 3 heteroatoms. The van der Waals surface area contributed by atoms with Gasteiger partial charge in [-0.05, 0) is 43.4 Å².